The predicted molar refractivity (Wildman–Crippen MR) is 77.2 cm³/mol. The van der Waals surface area contributed by atoms with Crippen LogP contribution in [0.15, 0.2) is 22.7 Å². The van der Waals surface area contributed by atoms with Gasteiger partial charge in [-0.3, -0.25) is 0 Å². The van der Waals surface area contributed by atoms with E-state index in [9.17, 15) is 12.8 Å². The van der Waals surface area contributed by atoms with Gasteiger partial charge in [0.2, 0.25) is 0 Å². The standard InChI is InChI=1S/C13H17BrFNO2S/c14-13-7-11(15)2-1-10(13)6-12(16)5-9-3-4-19(17,18)8-9/h1-2,7,9,12H,3-6,8,16H2. The normalized spacial score (nSPS) is 23.4. The lowest BCUT2D eigenvalue weighted by atomic mass is 9.95. The number of hydrogen-bond donors (Lipinski definition) is 1. The Hall–Kier alpha value is -0.460. The summed E-state index contributed by atoms with van der Waals surface area (Å²) in [6.45, 7) is 0. The van der Waals surface area contributed by atoms with Crippen LogP contribution in [0.5, 0.6) is 0 Å². The molecule has 1 saturated heterocycles. The Morgan fingerprint density at radius 1 is 1.47 bits per heavy atom. The Balaban J connectivity index is 1.93. The molecule has 0 amide bonds. The molecule has 6 heteroatoms. The van der Waals surface area contributed by atoms with Crippen LogP contribution in [0.4, 0.5) is 4.39 Å². The molecule has 3 nitrogen and oxygen atoms in total. The van der Waals surface area contributed by atoms with E-state index in [1.165, 1.54) is 12.1 Å². The molecule has 2 unspecified atom stereocenters. The molecule has 1 heterocycles. The van der Waals surface area contributed by atoms with Crippen molar-refractivity contribution in [3.05, 3.63) is 34.1 Å². The number of hydrogen-bond acceptors (Lipinski definition) is 3. The Labute approximate surface area is 121 Å². The molecule has 0 saturated carbocycles. The second-order valence-corrected chi connectivity index (χ2v) is 8.29. The minimum Gasteiger partial charge on any atom is -0.327 e. The van der Waals surface area contributed by atoms with Gasteiger partial charge in [0.15, 0.2) is 9.84 Å². The van der Waals surface area contributed by atoms with Crippen LogP contribution in [0.3, 0.4) is 0 Å². The molecule has 0 radical (unpaired) electrons. The van der Waals surface area contributed by atoms with Crippen molar-refractivity contribution in [2.24, 2.45) is 11.7 Å². The zero-order valence-corrected chi connectivity index (χ0v) is 12.9. The van der Waals surface area contributed by atoms with Gasteiger partial charge in [-0.05, 0) is 42.9 Å². The van der Waals surface area contributed by atoms with Crippen LogP contribution in [0.25, 0.3) is 0 Å². The Kier molecular flexibility index (Phi) is 4.63. The highest BCUT2D eigenvalue weighted by Gasteiger charge is 2.29. The molecule has 1 aromatic rings. The number of benzene rings is 1. The van der Waals surface area contributed by atoms with E-state index in [4.69, 9.17) is 5.73 Å². The fourth-order valence-corrected chi connectivity index (χ4v) is 4.93. The average Bonchev–Trinajstić information content (AvgIpc) is 2.62. The Bertz CT molecular complexity index is 562. The van der Waals surface area contributed by atoms with E-state index in [2.05, 4.69) is 15.9 Å². The molecule has 19 heavy (non-hydrogen) atoms. The van der Waals surface area contributed by atoms with Gasteiger partial charge in [-0.25, -0.2) is 12.8 Å². The SMILES string of the molecule is NC(Cc1ccc(F)cc1Br)CC1CCS(=O)(=O)C1. The van der Waals surface area contributed by atoms with Crippen molar-refractivity contribution < 1.29 is 12.8 Å². The summed E-state index contributed by atoms with van der Waals surface area (Å²) < 4.78 is 36.4. The topological polar surface area (TPSA) is 60.2 Å². The summed E-state index contributed by atoms with van der Waals surface area (Å²) >= 11 is 3.31. The molecule has 0 bridgehead atoms. The molecule has 1 aliphatic heterocycles. The van der Waals surface area contributed by atoms with Gasteiger partial charge >= 0.3 is 0 Å². The van der Waals surface area contributed by atoms with E-state index >= 15 is 0 Å². The van der Waals surface area contributed by atoms with Crippen molar-refractivity contribution in [1.29, 1.82) is 0 Å². The van der Waals surface area contributed by atoms with Crippen LogP contribution >= 0.6 is 15.9 Å². The Morgan fingerprint density at radius 2 is 2.21 bits per heavy atom. The molecule has 1 fully saturated rings. The Morgan fingerprint density at radius 3 is 2.79 bits per heavy atom. The van der Waals surface area contributed by atoms with Crippen molar-refractivity contribution in [3.8, 4) is 0 Å². The van der Waals surface area contributed by atoms with E-state index in [0.29, 0.717) is 23.7 Å². The molecule has 1 aliphatic rings. The molecule has 106 valence electrons. The number of rotatable bonds is 4. The predicted octanol–water partition coefficient (Wildman–Crippen LogP) is 2.28. The molecule has 1 aromatic carbocycles. The van der Waals surface area contributed by atoms with Crippen molar-refractivity contribution in [2.45, 2.75) is 25.3 Å². The minimum absolute atomic E-state index is 0.0972. The van der Waals surface area contributed by atoms with Crippen molar-refractivity contribution in [2.75, 3.05) is 11.5 Å². The van der Waals surface area contributed by atoms with Gasteiger partial charge in [0, 0.05) is 10.5 Å². The third kappa shape index (κ3) is 4.26. The van der Waals surface area contributed by atoms with Gasteiger partial charge in [0.1, 0.15) is 5.82 Å². The summed E-state index contributed by atoms with van der Waals surface area (Å²) in [6.07, 6.45) is 2.03. The lowest BCUT2D eigenvalue weighted by Gasteiger charge is -2.16. The first-order valence-corrected chi connectivity index (χ1v) is 8.87. The van der Waals surface area contributed by atoms with Crippen LogP contribution in [-0.4, -0.2) is 26.0 Å². The first kappa shape index (κ1) is 14.9. The van der Waals surface area contributed by atoms with Gasteiger partial charge < -0.3 is 5.73 Å². The maximum Gasteiger partial charge on any atom is 0.150 e. The van der Waals surface area contributed by atoms with Gasteiger partial charge in [-0.15, -0.1) is 0 Å². The molecular weight excluding hydrogens is 333 g/mol. The van der Waals surface area contributed by atoms with Crippen LogP contribution in [0, 0.1) is 11.7 Å². The summed E-state index contributed by atoms with van der Waals surface area (Å²) in [6, 6.07) is 4.44. The monoisotopic (exact) mass is 349 g/mol. The minimum atomic E-state index is -2.84. The van der Waals surface area contributed by atoms with E-state index in [-0.39, 0.29) is 29.3 Å². The summed E-state index contributed by atoms with van der Waals surface area (Å²) in [5.41, 5.74) is 7.03. The lowest BCUT2D eigenvalue weighted by Crippen LogP contribution is -2.26. The molecular formula is C13H17BrFNO2S. The lowest BCUT2D eigenvalue weighted by molar-refractivity contribution is 0.468. The number of nitrogens with two attached hydrogens (primary N) is 1. The third-order valence-electron chi connectivity index (χ3n) is 3.46. The van der Waals surface area contributed by atoms with Crippen LogP contribution in [0.2, 0.25) is 0 Å². The number of sulfone groups is 1. The summed E-state index contributed by atoms with van der Waals surface area (Å²) in [5, 5.41) is 0. The zero-order valence-electron chi connectivity index (χ0n) is 10.5. The highest BCUT2D eigenvalue weighted by Crippen LogP contribution is 2.25. The van der Waals surface area contributed by atoms with E-state index < -0.39 is 9.84 Å². The molecule has 2 rings (SSSR count). The van der Waals surface area contributed by atoms with E-state index in [1.807, 2.05) is 0 Å². The molecule has 2 atom stereocenters. The fraction of sp³-hybridized carbons (Fsp3) is 0.538. The van der Waals surface area contributed by atoms with Crippen molar-refractivity contribution in [3.63, 3.8) is 0 Å². The van der Waals surface area contributed by atoms with Gasteiger partial charge in [0.25, 0.3) is 0 Å². The van der Waals surface area contributed by atoms with Crippen molar-refractivity contribution >= 4 is 25.8 Å². The molecule has 2 N–H and O–H groups in total. The maximum atomic E-state index is 13.0. The van der Waals surface area contributed by atoms with Crippen LogP contribution < -0.4 is 5.73 Å². The highest BCUT2D eigenvalue weighted by atomic mass is 79.9. The highest BCUT2D eigenvalue weighted by molar-refractivity contribution is 9.10. The largest absolute Gasteiger partial charge is 0.327 e. The fourth-order valence-electron chi connectivity index (χ4n) is 2.54. The summed E-state index contributed by atoms with van der Waals surface area (Å²) in [5.74, 6) is 0.418. The summed E-state index contributed by atoms with van der Waals surface area (Å²) in [7, 11) is -2.84. The number of halogens is 2. The van der Waals surface area contributed by atoms with Crippen molar-refractivity contribution in [1.82, 2.24) is 0 Å². The maximum absolute atomic E-state index is 13.0. The second kappa shape index (κ2) is 5.89. The third-order valence-corrected chi connectivity index (χ3v) is 6.04. The first-order valence-electron chi connectivity index (χ1n) is 6.25. The van der Waals surface area contributed by atoms with E-state index in [0.717, 1.165) is 5.56 Å². The van der Waals surface area contributed by atoms with Crippen LogP contribution in [-0.2, 0) is 16.3 Å². The summed E-state index contributed by atoms with van der Waals surface area (Å²) in [4.78, 5) is 0. The van der Waals surface area contributed by atoms with E-state index in [1.54, 1.807) is 6.07 Å². The zero-order chi connectivity index (χ0) is 14.0. The average molecular weight is 350 g/mol. The van der Waals surface area contributed by atoms with Gasteiger partial charge in [0.05, 0.1) is 11.5 Å². The van der Waals surface area contributed by atoms with Gasteiger partial charge in [-0.2, -0.15) is 0 Å². The molecule has 0 spiro atoms. The quantitative estimate of drug-likeness (QED) is 0.906. The second-order valence-electron chi connectivity index (χ2n) is 5.20. The van der Waals surface area contributed by atoms with Crippen LogP contribution in [0.1, 0.15) is 18.4 Å². The smallest absolute Gasteiger partial charge is 0.150 e. The first-order chi connectivity index (χ1) is 8.85. The molecule has 0 aromatic heterocycles. The molecule has 0 aliphatic carbocycles. The van der Waals surface area contributed by atoms with Gasteiger partial charge in [-0.1, -0.05) is 22.0 Å².